The molecule has 6 aromatic rings. The van der Waals surface area contributed by atoms with E-state index in [1.165, 1.54) is 33.6 Å². The van der Waals surface area contributed by atoms with Crippen molar-refractivity contribution in [3.63, 3.8) is 0 Å². The number of likely N-dealkylation sites (N-methyl/N-ethyl adjacent to an activating group) is 1. The molecule has 254 valence electrons. The van der Waals surface area contributed by atoms with E-state index in [1.807, 2.05) is 36.5 Å². The number of para-hydroxylation sites is 1. The lowest BCUT2D eigenvalue weighted by molar-refractivity contribution is 0.0987. The van der Waals surface area contributed by atoms with Crippen molar-refractivity contribution >= 4 is 27.3 Å². The standard InChI is InChI=1S/C39H36FN5O4S/c1-3-48-34-14-16-45(28-7-5-4-6-8-28)39(47)37(34)32(46)22-26-10-12-33(29(40)21-26)49-35-13-15-41-31-23-36(50-38(31)35)30-11-9-27(24-42-30)25-44-19-17-43(2)18-20-44/h4-16,21,23-24H,3,17-20,22,25H2,1-2H3. The number of ether oxygens (including phenoxy) is 2. The summed E-state index contributed by atoms with van der Waals surface area (Å²) in [5, 5.41) is 0. The summed E-state index contributed by atoms with van der Waals surface area (Å²) in [5.74, 6) is -0.429. The zero-order valence-electron chi connectivity index (χ0n) is 27.8. The van der Waals surface area contributed by atoms with Crippen molar-refractivity contribution in [2.75, 3.05) is 39.8 Å². The minimum absolute atomic E-state index is 0.0104. The molecule has 0 N–H and O–H groups in total. The number of piperazine rings is 1. The normalized spacial score (nSPS) is 13.8. The summed E-state index contributed by atoms with van der Waals surface area (Å²) in [6.45, 7) is 7.17. The van der Waals surface area contributed by atoms with Gasteiger partial charge < -0.3 is 14.4 Å². The van der Waals surface area contributed by atoms with E-state index in [0.29, 0.717) is 17.0 Å². The number of benzene rings is 2. The number of pyridine rings is 3. The van der Waals surface area contributed by atoms with E-state index < -0.39 is 17.2 Å². The average Bonchev–Trinajstić information content (AvgIpc) is 3.57. The lowest BCUT2D eigenvalue weighted by atomic mass is 10.0. The molecule has 11 heteroatoms. The largest absolute Gasteiger partial charge is 0.493 e. The van der Waals surface area contributed by atoms with E-state index in [-0.39, 0.29) is 30.1 Å². The summed E-state index contributed by atoms with van der Waals surface area (Å²) in [6.07, 6.45) is 4.95. The SMILES string of the molecule is CCOc1ccn(-c2ccccc2)c(=O)c1C(=O)Cc1ccc(Oc2ccnc3cc(-c4ccc(CN5CCN(C)CC5)cn4)sc23)c(F)c1. The average molecular weight is 690 g/mol. The molecule has 1 fully saturated rings. The summed E-state index contributed by atoms with van der Waals surface area (Å²) in [5.41, 5.74) is 3.18. The third-order valence-corrected chi connectivity index (χ3v) is 9.86. The molecule has 0 bridgehead atoms. The smallest absolute Gasteiger partial charge is 0.269 e. The molecule has 0 unspecified atom stereocenters. The van der Waals surface area contributed by atoms with E-state index in [9.17, 15) is 9.59 Å². The van der Waals surface area contributed by atoms with Gasteiger partial charge in [0.15, 0.2) is 17.3 Å². The molecule has 5 heterocycles. The maximum atomic E-state index is 15.5. The van der Waals surface area contributed by atoms with Gasteiger partial charge in [-0.1, -0.05) is 30.3 Å². The Bertz CT molecular complexity index is 2200. The number of rotatable bonds is 11. The van der Waals surface area contributed by atoms with Crippen LogP contribution in [-0.2, 0) is 13.0 Å². The monoisotopic (exact) mass is 689 g/mol. The summed E-state index contributed by atoms with van der Waals surface area (Å²) in [6, 6.07) is 22.8. The van der Waals surface area contributed by atoms with Gasteiger partial charge in [-0.3, -0.25) is 29.0 Å². The van der Waals surface area contributed by atoms with Crippen LogP contribution in [0.1, 0.15) is 28.4 Å². The zero-order valence-corrected chi connectivity index (χ0v) is 28.7. The highest BCUT2D eigenvalue weighted by atomic mass is 32.1. The van der Waals surface area contributed by atoms with Gasteiger partial charge in [0.25, 0.3) is 5.56 Å². The highest BCUT2D eigenvalue weighted by molar-refractivity contribution is 7.22. The minimum Gasteiger partial charge on any atom is -0.493 e. The number of hydrogen-bond donors (Lipinski definition) is 0. The van der Waals surface area contributed by atoms with Crippen LogP contribution < -0.4 is 15.0 Å². The van der Waals surface area contributed by atoms with Gasteiger partial charge in [-0.2, -0.15) is 0 Å². The Kier molecular flexibility index (Phi) is 9.79. The van der Waals surface area contributed by atoms with Gasteiger partial charge in [-0.15, -0.1) is 11.3 Å². The lowest BCUT2D eigenvalue weighted by Crippen LogP contribution is -2.43. The molecule has 4 aromatic heterocycles. The van der Waals surface area contributed by atoms with Crippen LogP contribution in [-0.4, -0.2) is 70.0 Å². The van der Waals surface area contributed by atoms with E-state index in [4.69, 9.17) is 14.5 Å². The minimum atomic E-state index is -0.630. The maximum absolute atomic E-state index is 15.5. The van der Waals surface area contributed by atoms with Gasteiger partial charge in [0.2, 0.25) is 0 Å². The predicted molar refractivity (Wildman–Crippen MR) is 193 cm³/mol. The first-order valence-corrected chi connectivity index (χ1v) is 17.4. The van der Waals surface area contributed by atoms with E-state index in [0.717, 1.165) is 53.5 Å². The van der Waals surface area contributed by atoms with Crippen molar-refractivity contribution < 1.29 is 18.7 Å². The Morgan fingerprint density at radius 2 is 1.70 bits per heavy atom. The maximum Gasteiger partial charge on any atom is 0.269 e. The number of nitrogens with zero attached hydrogens (tertiary/aromatic N) is 5. The molecule has 1 aliphatic heterocycles. The predicted octanol–water partition coefficient (Wildman–Crippen LogP) is 7.01. The highest BCUT2D eigenvalue weighted by Gasteiger charge is 2.22. The van der Waals surface area contributed by atoms with Gasteiger partial charge in [0.1, 0.15) is 17.1 Å². The second-order valence-corrected chi connectivity index (χ2v) is 13.3. The topological polar surface area (TPSA) is 89.8 Å². The van der Waals surface area contributed by atoms with Crippen molar-refractivity contribution in [1.82, 2.24) is 24.3 Å². The Labute approximate surface area is 293 Å². The summed E-state index contributed by atoms with van der Waals surface area (Å²) < 4.78 is 29.4. The molecule has 0 radical (unpaired) electrons. The van der Waals surface area contributed by atoms with Crippen LogP contribution in [0.2, 0.25) is 0 Å². The van der Waals surface area contributed by atoms with E-state index in [2.05, 4.69) is 27.9 Å². The quantitative estimate of drug-likeness (QED) is 0.134. The Morgan fingerprint density at radius 3 is 2.44 bits per heavy atom. The molecule has 1 aliphatic rings. The number of hydrogen-bond acceptors (Lipinski definition) is 9. The van der Waals surface area contributed by atoms with Crippen LogP contribution in [0.4, 0.5) is 4.39 Å². The first kappa shape index (κ1) is 33.3. The number of fused-ring (bicyclic) bond motifs is 1. The summed E-state index contributed by atoms with van der Waals surface area (Å²) in [4.78, 5) is 42.0. The van der Waals surface area contributed by atoms with Gasteiger partial charge in [-0.05, 0) is 67.6 Å². The number of thiophene rings is 1. The Hall–Kier alpha value is -5.23. The molecule has 2 aromatic carbocycles. The van der Waals surface area contributed by atoms with Crippen molar-refractivity contribution in [2.45, 2.75) is 19.9 Å². The van der Waals surface area contributed by atoms with Crippen LogP contribution in [0.3, 0.4) is 0 Å². The van der Waals surface area contributed by atoms with Crippen LogP contribution >= 0.6 is 11.3 Å². The fourth-order valence-corrected chi connectivity index (χ4v) is 7.06. The number of Topliss-reactive ketones (excluding diaryl/α,β-unsaturated/α-hetero) is 1. The first-order valence-electron chi connectivity index (χ1n) is 16.5. The molecule has 0 saturated carbocycles. The molecule has 1 saturated heterocycles. The lowest BCUT2D eigenvalue weighted by Gasteiger charge is -2.32. The Morgan fingerprint density at radius 1 is 0.900 bits per heavy atom. The zero-order chi connectivity index (χ0) is 34.6. The van der Waals surface area contributed by atoms with Gasteiger partial charge in [0, 0.05) is 69.5 Å². The van der Waals surface area contributed by atoms with E-state index in [1.54, 1.807) is 49.6 Å². The highest BCUT2D eigenvalue weighted by Crippen LogP contribution is 2.39. The van der Waals surface area contributed by atoms with Crippen molar-refractivity contribution in [3.8, 4) is 33.5 Å². The number of ketones is 1. The van der Waals surface area contributed by atoms with Crippen molar-refractivity contribution in [1.29, 1.82) is 0 Å². The van der Waals surface area contributed by atoms with Crippen LogP contribution in [0.5, 0.6) is 17.2 Å². The molecule has 50 heavy (non-hydrogen) atoms. The fraction of sp³-hybridized carbons (Fsp3) is 0.231. The van der Waals surface area contributed by atoms with E-state index >= 15 is 4.39 Å². The molecule has 0 spiro atoms. The second-order valence-electron chi connectivity index (χ2n) is 12.2. The second kappa shape index (κ2) is 14.7. The van der Waals surface area contributed by atoms with Gasteiger partial charge in [-0.25, -0.2) is 4.39 Å². The summed E-state index contributed by atoms with van der Waals surface area (Å²) >= 11 is 1.48. The molecular weight excluding hydrogens is 654 g/mol. The third-order valence-electron chi connectivity index (χ3n) is 8.70. The Balaban J connectivity index is 1.07. The van der Waals surface area contributed by atoms with Crippen LogP contribution in [0, 0.1) is 5.82 Å². The van der Waals surface area contributed by atoms with Gasteiger partial charge >= 0.3 is 0 Å². The molecule has 0 amide bonds. The fourth-order valence-electron chi connectivity index (χ4n) is 6.02. The van der Waals surface area contributed by atoms with Gasteiger partial charge in [0.05, 0.1) is 27.4 Å². The van der Waals surface area contributed by atoms with Crippen molar-refractivity contribution in [3.05, 3.63) is 130 Å². The molecule has 9 nitrogen and oxygen atoms in total. The summed E-state index contributed by atoms with van der Waals surface area (Å²) in [7, 11) is 2.15. The molecule has 0 aliphatic carbocycles. The number of aromatic nitrogens is 3. The number of carbonyl (C=O) groups excluding carboxylic acids is 1. The van der Waals surface area contributed by atoms with Crippen LogP contribution in [0.25, 0.3) is 26.5 Å². The number of halogens is 1. The molecule has 7 rings (SSSR count). The van der Waals surface area contributed by atoms with Crippen molar-refractivity contribution in [2.24, 2.45) is 0 Å². The first-order chi connectivity index (χ1) is 24.4. The molecular formula is C39H36FN5O4S. The van der Waals surface area contributed by atoms with Crippen LogP contribution in [0.15, 0.2) is 102 Å². The third kappa shape index (κ3) is 7.20. The number of carbonyl (C=O) groups is 1. The molecule has 0 atom stereocenters.